The Morgan fingerprint density at radius 2 is 1.63 bits per heavy atom. The van der Waals surface area contributed by atoms with Crippen molar-refractivity contribution in [3.05, 3.63) is 71.3 Å². The van der Waals surface area contributed by atoms with Gasteiger partial charge in [-0.15, -0.1) is 0 Å². The lowest BCUT2D eigenvalue weighted by Gasteiger charge is -2.01. The smallest absolute Gasteiger partial charge is 0.129 e. The number of halogens is 2. The van der Waals surface area contributed by atoms with Gasteiger partial charge in [0, 0.05) is 5.56 Å². The summed E-state index contributed by atoms with van der Waals surface area (Å²) in [6.45, 7) is 0. The van der Waals surface area contributed by atoms with Gasteiger partial charge in [0.15, 0.2) is 0 Å². The van der Waals surface area contributed by atoms with Crippen LogP contribution in [0.2, 0.25) is 0 Å². The van der Waals surface area contributed by atoms with Crippen molar-refractivity contribution in [3.63, 3.8) is 0 Å². The summed E-state index contributed by atoms with van der Waals surface area (Å²) >= 11 is 0. The monoisotopic (exact) mass is 260 g/mol. The fourth-order valence-electron chi connectivity index (χ4n) is 1.76. The molecule has 0 aliphatic carbocycles. The molecule has 0 radical (unpaired) electrons. The van der Waals surface area contributed by atoms with Gasteiger partial charge in [-0.3, -0.25) is 0 Å². The maximum Gasteiger partial charge on any atom is 0.129 e. The minimum Gasteiger partial charge on any atom is -0.497 e. The van der Waals surface area contributed by atoms with Crippen LogP contribution >= 0.6 is 0 Å². The third-order valence-electron chi connectivity index (χ3n) is 2.81. The molecule has 3 heteroatoms. The van der Waals surface area contributed by atoms with Crippen LogP contribution in [0.15, 0.2) is 48.5 Å². The lowest BCUT2D eigenvalue weighted by molar-refractivity contribution is 0.415. The SMILES string of the molecule is COc1ccc(/C=C/Cc2c(F)cccc2F)cc1. The number of hydrogen-bond acceptors (Lipinski definition) is 1. The van der Waals surface area contributed by atoms with Crippen molar-refractivity contribution in [2.75, 3.05) is 7.11 Å². The van der Waals surface area contributed by atoms with E-state index in [1.165, 1.54) is 18.2 Å². The van der Waals surface area contributed by atoms with E-state index >= 15 is 0 Å². The Bertz CT molecular complexity index is 554. The summed E-state index contributed by atoms with van der Waals surface area (Å²) in [4.78, 5) is 0. The zero-order valence-corrected chi connectivity index (χ0v) is 10.6. The van der Waals surface area contributed by atoms with Crippen LogP contribution < -0.4 is 4.74 Å². The average Bonchev–Trinajstić information content (AvgIpc) is 2.43. The van der Waals surface area contributed by atoms with Crippen molar-refractivity contribution < 1.29 is 13.5 Å². The van der Waals surface area contributed by atoms with Crippen LogP contribution in [0, 0.1) is 11.6 Å². The summed E-state index contributed by atoms with van der Waals surface area (Å²) in [6, 6.07) is 11.3. The van der Waals surface area contributed by atoms with E-state index < -0.39 is 11.6 Å². The third-order valence-corrected chi connectivity index (χ3v) is 2.81. The molecule has 98 valence electrons. The number of rotatable bonds is 4. The second-order valence-electron chi connectivity index (χ2n) is 4.08. The molecule has 0 aromatic heterocycles. The van der Waals surface area contributed by atoms with E-state index in [0.717, 1.165) is 11.3 Å². The summed E-state index contributed by atoms with van der Waals surface area (Å²) in [5.41, 5.74) is 1.05. The van der Waals surface area contributed by atoms with E-state index in [-0.39, 0.29) is 12.0 Å². The molecule has 2 aromatic carbocycles. The minimum absolute atomic E-state index is 0.0901. The highest BCUT2D eigenvalue weighted by Crippen LogP contribution is 2.15. The molecule has 0 aliphatic rings. The number of ether oxygens (including phenoxy) is 1. The van der Waals surface area contributed by atoms with Gasteiger partial charge in [0.25, 0.3) is 0 Å². The van der Waals surface area contributed by atoms with Gasteiger partial charge in [0.1, 0.15) is 17.4 Å². The lowest BCUT2D eigenvalue weighted by atomic mass is 10.1. The summed E-state index contributed by atoms with van der Waals surface area (Å²) < 4.78 is 31.8. The molecule has 1 nitrogen and oxygen atoms in total. The molecule has 2 aromatic rings. The Kier molecular flexibility index (Phi) is 4.29. The second-order valence-corrected chi connectivity index (χ2v) is 4.08. The molecule has 0 atom stereocenters. The maximum absolute atomic E-state index is 13.4. The molecule has 0 aliphatic heterocycles. The van der Waals surface area contributed by atoms with Crippen molar-refractivity contribution in [1.82, 2.24) is 0 Å². The molecule has 2 rings (SSSR count). The fraction of sp³-hybridized carbons (Fsp3) is 0.125. The van der Waals surface area contributed by atoms with E-state index in [0.29, 0.717) is 0 Å². The van der Waals surface area contributed by atoms with Crippen LogP contribution in [0.1, 0.15) is 11.1 Å². The quantitative estimate of drug-likeness (QED) is 0.799. The van der Waals surface area contributed by atoms with E-state index in [4.69, 9.17) is 4.74 Å². The molecule has 0 saturated heterocycles. The van der Waals surface area contributed by atoms with E-state index in [2.05, 4.69) is 0 Å². The molecular formula is C16H14F2O. The molecule has 0 N–H and O–H groups in total. The van der Waals surface area contributed by atoms with Crippen molar-refractivity contribution in [2.24, 2.45) is 0 Å². The zero-order chi connectivity index (χ0) is 13.7. The van der Waals surface area contributed by atoms with Crippen molar-refractivity contribution in [3.8, 4) is 5.75 Å². The zero-order valence-electron chi connectivity index (χ0n) is 10.6. The van der Waals surface area contributed by atoms with Crippen molar-refractivity contribution >= 4 is 6.08 Å². The van der Waals surface area contributed by atoms with Gasteiger partial charge in [-0.1, -0.05) is 30.4 Å². The first-order valence-corrected chi connectivity index (χ1v) is 5.94. The van der Waals surface area contributed by atoms with E-state index in [9.17, 15) is 8.78 Å². The summed E-state index contributed by atoms with van der Waals surface area (Å²) in [7, 11) is 1.60. The third kappa shape index (κ3) is 3.41. The molecule has 0 fully saturated rings. The van der Waals surface area contributed by atoms with Gasteiger partial charge >= 0.3 is 0 Å². The largest absolute Gasteiger partial charge is 0.497 e. The van der Waals surface area contributed by atoms with Crippen molar-refractivity contribution in [2.45, 2.75) is 6.42 Å². The van der Waals surface area contributed by atoms with Crippen molar-refractivity contribution in [1.29, 1.82) is 0 Å². The Morgan fingerprint density at radius 3 is 2.21 bits per heavy atom. The van der Waals surface area contributed by atoms with Crippen LogP contribution in [0.3, 0.4) is 0 Å². The molecule has 19 heavy (non-hydrogen) atoms. The highest BCUT2D eigenvalue weighted by molar-refractivity contribution is 5.51. The van der Waals surface area contributed by atoms with Gasteiger partial charge in [0.2, 0.25) is 0 Å². The van der Waals surface area contributed by atoms with Crippen LogP contribution in [0.4, 0.5) is 8.78 Å². The van der Waals surface area contributed by atoms with Gasteiger partial charge in [-0.25, -0.2) is 8.78 Å². The van der Waals surface area contributed by atoms with E-state index in [1.807, 2.05) is 30.3 Å². The van der Waals surface area contributed by atoms with Gasteiger partial charge < -0.3 is 4.74 Å². The Labute approximate surface area is 111 Å². The molecule has 0 heterocycles. The number of methoxy groups -OCH3 is 1. The lowest BCUT2D eigenvalue weighted by Crippen LogP contribution is -1.92. The van der Waals surface area contributed by atoms with Gasteiger partial charge in [-0.05, 0) is 36.2 Å². The number of allylic oxidation sites excluding steroid dienone is 1. The van der Waals surface area contributed by atoms with E-state index in [1.54, 1.807) is 13.2 Å². The maximum atomic E-state index is 13.4. The first kappa shape index (κ1) is 13.3. The van der Waals surface area contributed by atoms with Crippen LogP contribution in [-0.2, 0) is 6.42 Å². The predicted octanol–water partition coefficient (Wildman–Crippen LogP) is 4.23. The first-order chi connectivity index (χ1) is 9.20. The average molecular weight is 260 g/mol. The summed E-state index contributed by atoms with van der Waals surface area (Å²) in [6.07, 6.45) is 3.79. The van der Waals surface area contributed by atoms with Gasteiger partial charge in [0.05, 0.1) is 7.11 Å². The molecule has 0 saturated carbocycles. The number of benzene rings is 2. The second kappa shape index (κ2) is 6.14. The van der Waals surface area contributed by atoms with Crippen LogP contribution in [0.25, 0.3) is 6.08 Å². The van der Waals surface area contributed by atoms with Crippen LogP contribution in [-0.4, -0.2) is 7.11 Å². The Morgan fingerprint density at radius 1 is 1.00 bits per heavy atom. The predicted molar refractivity (Wildman–Crippen MR) is 72.1 cm³/mol. The van der Waals surface area contributed by atoms with Gasteiger partial charge in [-0.2, -0.15) is 0 Å². The van der Waals surface area contributed by atoms with Crippen LogP contribution in [0.5, 0.6) is 5.75 Å². The number of hydrogen-bond donors (Lipinski definition) is 0. The molecule has 0 amide bonds. The fourth-order valence-corrected chi connectivity index (χ4v) is 1.76. The summed E-state index contributed by atoms with van der Waals surface area (Å²) in [5, 5.41) is 0. The standard InChI is InChI=1S/C16H14F2O/c1-19-13-10-8-12(9-11-13)4-2-5-14-15(17)6-3-7-16(14)18/h2-4,6-11H,5H2,1H3/b4-2+. The highest BCUT2D eigenvalue weighted by atomic mass is 19.1. The molecular weight excluding hydrogens is 246 g/mol. The Hall–Kier alpha value is -2.16. The molecule has 0 spiro atoms. The first-order valence-electron chi connectivity index (χ1n) is 5.94. The normalized spacial score (nSPS) is 10.9. The summed E-state index contributed by atoms with van der Waals surface area (Å²) in [5.74, 6) is -0.254. The Balaban J connectivity index is 2.07. The molecule has 0 bridgehead atoms. The highest BCUT2D eigenvalue weighted by Gasteiger charge is 2.05. The molecule has 0 unspecified atom stereocenters. The minimum atomic E-state index is -0.514. The topological polar surface area (TPSA) is 9.23 Å².